The monoisotopic (exact) mass is 491 g/mol. The summed E-state index contributed by atoms with van der Waals surface area (Å²) in [5.41, 5.74) is 1.26. The normalized spacial score (nSPS) is 10.9. The van der Waals surface area contributed by atoms with Gasteiger partial charge in [-0.1, -0.05) is 23.2 Å². The first-order valence-electron chi connectivity index (χ1n) is 10.5. The van der Waals surface area contributed by atoms with E-state index in [1.807, 2.05) is 36.0 Å². The van der Waals surface area contributed by atoms with E-state index in [0.29, 0.717) is 49.0 Å². The summed E-state index contributed by atoms with van der Waals surface area (Å²) >= 11 is 12.2. The van der Waals surface area contributed by atoms with E-state index in [1.165, 1.54) is 11.0 Å². The largest absolute Gasteiger partial charge is 0.467 e. The predicted molar refractivity (Wildman–Crippen MR) is 127 cm³/mol. The molecule has 0 unspecified atom stereocenters. The maximum Gasteiger partial charge on any atom is 0.255 e. The van der Waals surface area contributed by atoms with E-state index in [2.05, 4.69) is 0 Å². The summed E-state index contributed by atoms with van der Waals surface area (Å²) in [5.74, 6) is 0.122. The number of aryl methyl sites for hydroxylation is 1. The molecule has 0 spiro atoms. The minimum Gasteiger partial charge on any atom is -0.467 e. The number of halogens is 2. The van der Waals surface area contributed by atoms with Gasteiger partial charge in [0.15, 0.2) is 0 Å². The first-order chi connectivity index (χ1) is 15.9. The second-order valence-electron chi connectivity index (χ2n) is 7.64. The van der Waals surface area contributed by atoms with Crippen LogP contribution in [0.4, 0.5) is 0 Å². The molecule has 2 amide bonds. The molecule has 0 fully saturated rings. The smallest absolute Gasteiger partial charge is 0.255 e. The average molecular weight is 492 g/mol. The SMILES string of the molecule is COCCCN(CC(=O)N(Cc1ccco1)Cc1cccn1C)C(=O)c1ccc(Cl)cc1Cl. The van der Waals surface area contributed by atoms with Gasteiger partial charge in [-0.05, 0) is 48.9 Å². The van der Waals surface area contributed by atoms with E-state index in [4.69, 9.17) is 32.4 Å². The van der Waals surface area contributed by atoms with Crippen LogP contribution < -0.4 is 0 Å². The number of amides is 2. The molecule has 0 radical (unpaired) electrons. The van der Waals surface area contributed by atoms with Gasteiger partial charge in [0.2, 0.25) is 5.91 Å². The molecule has 0 aliphatic carbocycles. The van der Waals surface area contributed by atoms with Crippen LogP contribution in [0.5, 0.6) is 0 Å². The quantitative estimate of drug-likeness (QED) is 0.366. The second kappa shape index (κ2) is 11.9. The molecule has 33 heavy (non-hydrogen) atoms. The average Bonchev–Trinajstić information content (AvgIpc) is 3.44. The molecule has 3 rings (SSSR count). The fourth-order valence-corrected chi connectivity index (χ4v) is 3.92. The molecule has 2 aromatic heterocycles. The lowest BCUT2D eigenvalue weighted by molar-refractivity contribution is -0.133. The summed E-state index contributed by atoms with van der Waals surface area (Å²) in [5, 5.41) is 0.679. The molecule has 2 heterocycles. The zero-order valence-electron chi connectivity index (χ0n) is 18.7. The molecule has 0 saturated heterocycles. The van der Waals surface area contributed by atoms with Crippen LogP contribution in [-0.4, -0.2) is 53.0 Å². The van der Waals surface area contributed by atoms with E-state index < -0.39 is 0 Å². The Kier molecular flexibility index (Phi) is 9.00. The van der Waals surface area contributed by atoms with Crippen LogP contribution in [0, 0.1) is 0 Å². The molecule has 3 aromatic rings. The minimum atomic E-state index is -0.335. The Labute approximate surface area is 203 Å². The summed E-state index contributed by atoms with van der Waals surface area (Å²) in [7, 11) is 3.52. The zero-order valence-corrected chi connectivity index (χ0v) is 20.2. The lowest BCUT2D eigenvalue weighted by atomic mass is 10.2. The van der Waals surface area contributed by atoms with Crippen LogP contribution in [0.15, 0.2) is 59.3 Å². The van der Waals surface area contributed by atoms with E-state index >= 15 is 0 Å². The molecule has 0 N–H and O–H groups in total. The van der Waals surface area contributed by atoms with Crippen molar-refractivity contribution in [3.63, 3.8) is 0 Å². The lowest BCUT2D eigenvalue weighted by Crippen LogP contribution is -2.43. The molecular weight excluding hydrogens is 465 g/mol. The van der Waals surface area contributed by atoms with Crippen molar-refractivity contribution in [2.75, 3.05) is 26.8 Å². The molecule has 0 aliphatic heterocycles. The molecule has 0 atom stereocenters. The first kappa shape index (κ1) is 24.9. The first-order valence-corrected chi connectivity index (χ1v) is 11.3. The molecule has 1 aromatic carbocycles. The van der Waals surface area contributed by atoms with Crippen molar-refractivity contribution < 1.29 is 18.7 Å². The van der Waals surface area contributed by atoms with Gasteiger partial charge in [0.05, 0.1) is 29.9 Å². The highest BCUT2D eigenvalue weighted by Crippen LogP contribution is 2.23. The van der Waals surface area contributed by atoms with E-state index in [1.54, 1.807) is 36.5 Å². The number of ether oxygens (including phenoxy) is 1. The van der Waals surface area contributed by atoms with Gasteiger partial charge in [0.1, 0.15) is 12.3 Å². The predicted octanol–water partition coefficient (Wildman–Crippen LogP) is 4.63. The van der Waals surface area contributed by atoms with Crippen LogP contribution in [0.3, 0.4) is 0 Å². The number of benzene rings is 1. The van der Waals surface area contributed by atoms with Crippen molar-refractivity contribution in [1.29, 1.82) is 0 Å². The molecule has 9 heteroatoms. The van der Waals surface area contributed by atoms with Gasteiger partial charge in [0.25, 0.3) is 5.91 Å². The molecule has 7 nitrogen and oxygen atoms in total. The number of rotatable bonds is 11. The van der Waals surface area contributed by atoms with Gasteiger partial charge >= 0.3 is 0 Å². The number of carbonyl (C=O) groups is 2. The van der Waals surface area contributed by atoms with Gasteiger partial charge in [-0.2, -0.15) is 0 Å². The maximum absolute atomic E-state index is 13.4. The summed E-state index contributed by atoms with van der Waals surface area (Å²) in [6.07, 6.45) is 4.08. The number of aromatic nitrogens is 1. The Morgan fingerprint density at radius 1 is 1.09 bits per heavy atom. The van der Waals surface area contributed by atoms with Crippen molar-refractivity contribution in [1.82, 2.24) is 14.4 Å². The van der Waals surface area contributed by atoms with Gasteiger partial charge in [0, 0.05) is 44.2 Å². The highest BCUT2D eigenvalue weighted by Gasteiger charge is 2.25. The maximum atomic E-state index is 13.4. The Hall–Kier alpha value is -2.74. The number of methoxy groups -OCH3 is 1. The summed E-state index contributed by atoms with van der Waals surface area (Å²) in [6, 6.07) is 12.2. The van der Waals surface area contributed by atoms with Crippen molar-refractivity contribution in [2.24, 2.45) is 7.05 Å². The van der Waals surface area contributed by atoms with E-state index in [0.717, 1.165) is 5.69 Å². The van der Waals surface area contributed by atoms with Gasteiger partial charge in [-0.25, -0.2) is 0 Å². The highest BCUT2D eigenvalue weighted by atomic mass is 35.5. The third kappa shape index (κ3) is 6.87. The number of hydrogen-bond acceptors (Lipinski definition) is 4. The van der Waals surface area contributed by atoms with Crippen molar-refractivity contribution in [3.05, 3.63) is 82.0 Å². The summed E-state index contributed by atoms with van der Waals surface area (Å²) in [6.45, 7) is 1.37. The fraction of sp³-hybridized carbons (Fsp3) is 0.333. The van der Waals surface area contributed by atoms with Crippen LogP contribution in [-0.2, 0) is 29.7 Å². The van der Waals surface area contributed by atoms with Gasteiger partial charge in [-0.15, -0.1) is 0 Å². The Morgan fingerprint density at radius 2 is 1.91 bits per heavy atom. The number of hydrogen-bond donors (Lipinski definition) is 0. The Morgan fingerprint density at radius 3 is 2.55 bits per heavy atom. The highest BCUT2D eigenvalue weighted by molar-refractivity contribution is 6.36. The Bertz CT molecular complexity index is 1070. The van der Waals surface area contributed by atoms with Crippen molar-refractivity contribution >= 4 is 35.0 Å². The van der Waals surface area contributed by atoms with Crippen LogP contribution in [0.2, 0.25) is 10.0 Å². The lowest BCUT2D eigenvalue weighted by Gasteiger charge is -2.28. The van der Waals surface area contributed by atoms with Gasteiger partial charge in [-0.3, -0.25) is 9.59 Å². The Balaban J connectivity index is 1.81. The van der Waals surface area contributed by atoms with Crippen LogP contribution >= 0.6 is 23.2 Å². The van der Waals surface area contributed by atoms with E-state index in [9.17, 15) is 9.59 Å². The summed E-state index contributed by atoms with van der Waals surface area (Å²) in [4.78, 5) is 29.9. The zero-order chi connectivity index (χ0) is 23.8. The third-order valence-corrected chi connectivity index (χ3v) is 5.78. The number of nitrogens with zero attached hydrogens (tertiary/aromatic N) is 3. The minimum absolute atomic E-state index is 0.105. The number of furan rings is 1. The fourth-order valence-electron chi connectivity index (χ4n) is 3.43. The van der Waals surface area contributed by atoms with Gasteiger partial charge < -0.3 is 23.5 Å². The molecule has 0 bridgehead atoms. The number of carbonyl (C=O) groups excluding carboxylic acids is 2. The van der Waals surface area contributed by atoms with Crippen molar-refractivity contribution in [3.8, 4) is 0 Å². The van der Waals surface area contributed by atoms with Crippen molar-refractivity contribution in [2.45, 2.75) is 19.5 Å². The summed E-state index contributed by atoms with van der Waals surface area (Å²) < 4.78 is 12.6. The topological polar surface area (TPSA) is 67.9 Å². The van der Waals surface area contributed by atoms with E-state index in [-0.39, 0.29) is 23.4 Å². The molecule has 0 aliphatic rings. The molecular formula is C24H27Cl2N3O4. The van der Waals surface area contributed by atoms with Crippen LogP contribution in [0.1, 0.15) is 28.2 Å². The van der Waals surface area contributed by atoms with Crippen LogP contribution in [0.25, 0.3) is 0 Å². The molecule has 176 valence electrons. The second-order valence-corrected chi connectivity index (χ2v) is 8.48. The molecule has 0 saturated carbocycles. The third-order valence-electron chi connectivity index (χ3n) is 5.24. The standard InChI is InChI=1S/C24H27Cl2N3O4/c1-27-10-3-6-19(27)15-29(16-20-7-4-13-33-20)23(30)17-28(11-5-12-32-2)24(31)21-9-8-18(25)14-22(21)26/h3-4,6-10,13-14H,5,11-12,15-17H2,1-2H3.